The maximum Gasteiger partial charge on any atom is 0.393 e. The van der Waals surface area contributed by atoms with Crippen molar-refractivity contribution in [2.75, 3.05) is 44.2 Å². The van der Waals surface area contributed by atoms with Crippen molar-refractivity contribution in [3.63, 3.8) is 0 Å². The first-order chi connectivity index (χ1) is 17.9. The van der Waals surface area contributed by atoms with Crippen molar-refractivity contribution in [2.45, 2.75) is 25.4 Å². The number of halogens is 3. The fourth-order valence-corrected chi connectivity index (χ4v) is 4.85. The molecule has 1 aliphatic rings. The lowest BCUT2D eigenvalue weighted by atomic mass is 10.1. The van der Waals surface area contributed by atoms with E-state index in [0.717, 1.165) is 45.6 Å². The third-order valence-corrected chi connectivity index (χ3v) is 6.74. The first-order valence-corrected chi connectivity index (χ1v) is 12.5. The van der Waals surface area contributed by atoms with Crippen LogP contribution in [0.15, 0.2) is 65.5 Å². The number of ether oxygens (including phenoxy) is 1. The quantitative estimate of drug-likeness (QED) is 0.332. The molecule has 194 valence electrons. The van der Waals surface area contributed by atoms with E-state index >= 15 is 0 Å². The van der Waals surface area contributed by atoms with Gasteiger partial charge in [-0.05, 0) is 43.0 Å². The van der Waals surface area contributed by atoms with Crippen LogP contribution in [0.1, 0.15) is 18.4 Å². The highest BCUT2D eigenvalue weighted by Crippen LogP contribution is 2.27. The second-order valence-electron chi connectivity index (χ2n) is 9.39. The van der Waals surface area contributed by atoms with Crippen LogP contribution in [0.4, 0.5) is 18.9 Å². The zero-order valence-corrected chi connectivity index (χ0v) is 20.4. The van der Waals surface area contributed by atoms with Crippen LogP contribution in [-0.4, -0.2) is 60.4 Å². The Morgan fingerprint density at radius 1 is 0.919 bits per heavy atom. The number of hydrogen-bond donors (Lipinski definition) is 1. The van der Waals surface area contributed by atoms with Crippen LogP contribution in [-0.2, 0) is 6.42 Å². The van der Waals surface area contributed by atoms with Gasteiger partial charge in [0.15, 0.2) is 0 Å². The van der Waals surface area contributed by atoms with Crippen molar-refractivity contribution in [1.82, 2.24) is 14.9 Å². The molecule has 37 heavy (non-hydrogen) atoms. The lowest BCUT2D eigenvalue weighted by Crippen LogP contribution is -2.46. The van der Waals surface area contributed by atoms with Crippen molar-refractivity contribution in [1.29, 1.82) is 0 Å². The number of benzene rings is 2. The van der Waals surface area contributed by atoms with E-state index in [1.54, 1.807) is 12.1 Å². The Balaban J connectivity index is 1.07. The van der Waals surface area contributed by atoms with Crippen LogP contribution >= 0.6 is 0 Å². The fraction of sp³-hybridized carbons (Fsp3) is 0.357. The van der Waals surface area contributed by atoms with Gasteiger partial charge in [-0.2, -0.15) is 18.2 Å². The predicted molar refractivity (Wildman–Crippen MR) is 139 cm³/mol. The van der Waals surface area contributed by atoms with Gasteiger partial charge >= 0.3 is 6.18 Å². The minimum Gasteiger partial charge on any atom is -0.478 e. The van der Waals surface area contributed by atoms with Crippen LogP contribution in [0, 0.1) is 0 Å². The minimum absolute atomic E-state index is 0.220. The minimum atomic E-state index is -4.44. The number of nitrogens with zero attached hydrogens (tertiary/aromatic N) is 3. The number of aromatic amines is 1. The van der Waals surface area contributed by atoms with Crippen molar-refractivity contribution in [3.8, 4) is 5.88 Å². The SMILES string of the molecule is O=c1[nH]c2nc(OCCCCN3CCN(c4cccc5ccccc45)CC3)ccc2cc1CC(F)(F)F. The zero-order valence-electron chi connectivity index (χ0n) is 20.4. The van der Waals surface area contributed by atoms with Gasteiger partial charge in [0.05, 0.1) is 13.0 Å². The van der Waals surface area contributed by atoms with E-state index in [0.29, 0.717) is 17.9 Å². The number of unbranched alkanes of at least 4 members (excludes halogenated alkanes) is 1. The molecule has 4 aromatic rings. The summed E-state index contributed by atoms with van der Waals surface area (Å²) in [6, 6.07) is 19.4. The van der Waals surface area contributed by atoms with Crippen molar-refractivity contribution < 1.29 is 17.9 Å². The Bertz CT molecular complexity index is 1420. The van der Waals surface area contributed by atoms with Crippen molar-refractivity contribution in [2.24, 2.45) is 0 Å². The lowest BCUT2D eigenvalue weighted by molar-refractivity contribution is -0.127. The molecule has 0 saturated carbocycles. The molecule has 1 aliphatic heterocycles. The molecule has 0 radical (unpaired) electrons. The van der Waals surface area contributed by atoms with Gasteiger partial charge in [0.1, 0.15) is 5.65 Å². The molecule has 0 atom stereocenters. The van der Waals surface area contributed by atoms with Crippen molar-refractivity contribution in [3.05, 3.63) is 76.6 Å². The molecule has 9 heteroatoms. The van der Waals surface area contributed by atoms with Gasteiger partial charge < -0.3 is 14.6 Å². The third kappa shape index (κ3) is 6.22. The molecule has 6 nitrogen and oxygen atoms in total. The smallest absolute Gasteiger partial charge is 0.393 e. The van der Waals surface area contributed by atoms with E-state index in [9.17, 15) is 18.0 Å². The second kappa shape index (κ2) is 10.8. The first-order valence-electron chi connectivity index (χ1n) is 12.5. The Morgan fingerprint density at radius 2 is 1.70 bits per heavy atom. The molecule has 0 unspecified atom stereocenters. The van der Waals surface area contributed by atoms with Gasteiger partial charge in [-0.3, -0.25) is 9.69 Å². The number of hydrogen-bond acceptors (Lipinski definition) is 5. The monoisotopic (exact) mass is 510 g/mol. The van der Waals surface area contributed by atoms with Crippen LogP contribution in [0.3, 0.4) is 0 Å². The van der Waals surface area contributed by atoms with Gasteiger partial charge in [-0.1, -0.05) is 36.4 Å². The molecular weight excluding hydrogens is 481 g/mol. The Labute approximate surface area is 212 Å². The molecule has 0 amide bonds. The summed E-state index contributed by atoms with van der Waals surface area (Å²) < 4.78 is 43.7. The van der Waals surface area contributed by atoms with E-state index < -0.39 is 18.2 Å². The number of rotatable bonds is 8. The van der Waals surface area contributed by atoms with E-state index in [4.69, 9.17) is 4.74 Å². The van der Waals surface area contributed by atoms with E-state index in [-0.39, 0.29) is 11.2 Å². The van der Waals surface area contributed by atoms with E-state index in [1.807, 2.05) is 0 Å². The predicted octanol–water partition coefficient (Wildman–Crippen LogP) is 5.16. The average Bonchev–Trinajstić information content (AvgIpc) is 2.88. The number of H-pyrrole nitrogens is 1. The Hall–Kier alpha value is -3.59. The molecular formula is C28H29F3N4O2. The molecule has 1 fully saturated rings. The van der Waals surface area contributed by atoms with Gasteiger partial charge in [0, 0.05) is 54.3 Å². The standard InChI is InChI=1S/C28H29F3N4O2/c29-28(30,31)19-22-18-21-10-11-25(32-26(21)33-27(22)36)37-17-4-3-12-34-13-15-35(16-14-34)24-9-5-7-20-6-1-2-8-23(20)24/h1-2,5-11,18H,3-4,12-17,19H2,(H,32,33,36). The van der Waals surface area contributed by atoms with Gasteiger partial charge in [-0.15, -0.1) is 0 Å². The summed E-state index contributed by atoms with van der Waals surface area (Å²) in [5, 5.41) is 3.00. The Morgan fingerprint density at radius 3 is 2.51 bits per heavy atom. The van der Waals surface area contributed by atoms with Gasteiger partial charge in [-0.25, -0.2) is 0 Å². The largest absolute Gasteiger partial charge is 0.478 e. The topological polar surface area (TPSA) is 61.5 Å². The summed E-state index contributed by atoms with van der Waals surface area (Å²) in [4.78, 5) is 23.6. The summed E-state index contributed by atoms with van der Waals surface area (Å²) in [5.74, 6) is 0.343. The molecule has 0 spiro atoms. The maximum atomic E-state index is 12.7. The normalized spacial score (nSPS) is 14.9. The summed E-state index contributed by atoms with van der Waals surface area (Å²) in [7, 11) is 0. The van der Waals surface area contributed by atoms with E-state index in [1.165, 1.54) is 22.5 Å². The molecule has 3 heterocycles. The highest BCUT2D eigenvalue weighted by atomic mass is 19.4. The summed E-state index contributed by atoms with van der Waals surface area (Å²) in [5.41, 5.74) is 0.410. The highest BCUT2D eigenvalue weighted by molar-refractivity contribution is 5.94. The summed E-state index contributed by atoms with van der Waals surface area (Å²) >= 11 is 0. The highest BCUT2D eigenvalue weighted by Gasteiger charge is 2.29. The lowest BCUT2D eigenvalue weighted by Gasteiger charge is -2.36. The number of alkyl halides is 3. The molecule has 2 aromatic carbocycles. The number of pyridine rings is 2. The van der Waals surface area contributed by atoms with Crippen molar-refractivity contribution >= 4 is 27.5 Å². The molecule has 5 rings (SSSR count). The van der Waals surface area contributed by atoms with Gasteiger partial charge in [0.2, 0.25) is 5.88 Å². The van der Waals surface area contributed by atoms with Gasteiger partial charge in [0.25, 0.3) is 5.56 Å². The molecule has 0 aliphatic carbocycles. The zero-order chi connectivity index (χ0) is 25.8. The number of piperazine rings is 1. The number of fused-ring (bicyclic) bond motifs is 2. The summed E-state index contributed by atoms with van der Waals surface area (Å²) in [6.45, 7) is 5.49. The van der Waals surface area contributed by atoms with Crippen LogP contribution in [0.2, 0.25) is 0 Å². The number of anilines is 1. The number of nitrogens with one attached hydrogen (secondary N) is 1. The Kier molecular flexibility index (Phi) is 7.32. The molecule has 2 aromatic heterocycles. The van der Waals surface area contributed by atoms with Crippen LogP contribution < -0.4 is 15.2 Å². The average molecular weight is 511 g/mol. The fourth-order valence-electron chi connectivity index (χ4n) is 4.85. The summed E-state index contributed by atoms with van der Waals surface area (Å²) in [6.07, 6.45) is -3.87. The van der Waals surface area contributed by atoms with Crippen LogP contribution in [0.25, 0.3) is 21.8 Å². The number of aromatic nitrogens is 2. The first kappa shape index (κ1) is 25.1. The molecule has 0 bridgehead atoms. The third-order valence-electron chi connectivity index (χ3n) is 6.74. The second-order valence-corrected chi connectivity index (χ2v) is 9.39. The molecule has 1 saturated heterocycles. The van der Waals surface area contributed by atoms with Crippen LogP contribution in [0.5, 0.6) is 5.88 Å². The van der Waals surface area contributed by atoms with E-state index in [2.05, 4.69) is 62.2 Å². The maximum absolute atomic E-state index is 12.7. The molecule has 1 N–H and O–H groups in total.